The van der Waals surface area contributed by atoms with Crippen molar-refractivity contribution < 1.29 is 18.3 Å². The molecule has 3 aromatic carbocycles. The molecule has 1 amide bonds. The Morgan fingerprint density at radius 2 is 1.77 bits per heavy atom. The van der Waals surface area contributed by atoms with Crippen LogP contribution in [0.1, 0.15) is 23.6 Å². The van der Waals surface area contributed by atoms with Gasteiger partial charge in [-0.3, -0.25) is 15.1 Å². The van der Waals surface area contributed by atoms with E-state index < -0.39 is 23.4 Å². The molecule has 1 unspecified atom stereocenters. The maximum absolute atomic E-state index is 14.9. The molecule has 11 heteroatoms. The number of para-hydroxylation sites is 2. The van der Waals surface area contributed by atoms with Gasteiger partial charge in [-0.2, -0.15) is 4.39 Å². The van der Waals surface area contributed by atoms with Gasteiger partial charge in [0.2, 0.25) is 12.2 Å². The van der Waals surface area contributed by atoms with Crippen LogP contribution < -0.4 is 20.7 Å². The van der Waals surface area contributed by atoms with Gasteiger partial charge in [0.05, 0.1) is 30.1 Å². The lowest BCUT2D eigenvalue weighted by atomic mass is 10.0. The second-order valence-electron chi connectivity index (χ2n) is 8.73. The lowest BCUT2D eigenvalue weighted by Crippen LogP contribution is -2.41. The number of ether oxygens (including phenoxy) is 1. The number of benzene rings is 3. The van der Waals surface area contributed by atoms with Gasteiger partial charge in [-0.1, -0.05) is 36.4 Å². The van der Waals surface area contributed by atoms with Crippen LogP contribution in [0.4, 0.5) is 31.8 Å². The van der Waals surface area contributed by atoms with Crippen LogP contribution in [0.3, 0.4) is 0 Å². The van der Waals surface area contributed by atoms with Crippen molar-refractivity contribution in [2.75, 3.05) is 23.1 Å². The van der Waals surface area contributed by atoms with E-state index in [4.69, 9.17) is 20.9 Å². The summed E-state index contributed by atoms with van der Waals surface area (Å²) in [6.45, 7) is 3.64. The number of amidine groups is 1. The van der Waals surface area contributed by atoms with Gasteiger partial charge in [-0.05, 0) is 49.7 Å². The zero-order valence-corrected chi connectivity index (χ0v) is 22.0. The Bertz CT molecular complexity index is 1580. The molecule has 0 spiro atoms. The number of halogens is 2. The van der Waals surface area contributed by atoms with Crippen molar-refractivity contribution in [3.63, 3.8) is 0 Å². The molecule has 204 valence electrons. The zero-order valence-electron chi connectivity index (χ0n) is 22.0. The summed E-state index contributed by atoms with van der Waals surface area (Å²) >= 11 is 0. The monoisotopic (exact) mass is 543 g/mol. The summed E-state index contributed by atoms with van der Waals surface area (Å²) in [4.78, 5) is 26.7. The number of hydrogen-bond donors (Lipinski definition) is 3. The number of nitrogen functional groups attached to an aromatic ring is 1. The Kier molecular flexibility index (Phi) is 8.43. The number of hydrogen-bond acceptors (Lipinski definition) is 8. The third-order valence-corrected chi connectivity index (χ3v) is 6.14. The van der Waals surface area contributed by atoms with Gasteiger partial charge in [0, 0.05) is 11.3 Å². The number of nitrogens with two attached hydrogens (primary N) is 1. The van der Waals surface area contributed by atoms with Crippen molar-refractivity contribution in [3.05, 3.63) is 101 Å². The van der Waals surface area contributed by atoms with E-state index in [0.717, 1.165) is 5.56 Å². The number of nitrogens with one attached hydrogen (secondary N) is 2. The van der Waals surface area contributed by atoms with E-state index in [1.165, 1.54) is 30.5 Å². The van der Waals surface area contributed by atoms with Crippen LogP contribution in [0.5, 0.6) is 5.75 Å². The van der Waals surface area contributed by atoms with Crippen molar-refractivity contribution in [1.29, 1.82) is 5.41 Å². The Labute approximate surface area is 229 Å². The van der Waals surface area contributed by atoms with Crippen molar-refractivity contribution in [3.8, 4) is 5.75 Å². The minimum atomic E-state index is -1.27. The second-order valence-corrected chi connectivity index (χ2v) is 8.73. The molecule has 0 radical (unpaired) electrons. The number of aromatic nitrogens is 2. The van der Waals surface area contributed by atoms with Crippen LogP contribution >= 0.6 is 0 Å². The Morgan fingerprint density at radius 1 is 1.07 bits per heavy atom. The van der Waals surface area contributed by atoms with Crippen LogP contribution in [-0.4, -0.2) is 41.1 Å². The topological polar surface area (TPSA) is 130 Å². The second kappa shape index (κ2) is 12.1. The maximum atomic E-state index is 14.9. The number of carbonyl (C=O) groups excluding carboxylic acids is 1. The summed E-state index contributed by atoms with van der Waals surface area (Å²) in [6.07, 6.45) is 1.83. The smallest absolute Gasteiger partial charge is 0.219 e. The highest BCUT2D eigenvalue weighted by atomic mass is 19.2. The molecule has 0 saturated carbocycles. The first-order valence-corrected chi connectivity index (χ1v) is 12.2. The number of aryl methyl sites for hydroxylation is 1. The van der Waals surface area contributed by atoms with Gasteiger partial charge < -0.3 is 15.8 Å². The number of nitrogens with zero attached hydrogens (tertiary/aromatic N) is 4. The minimum absolute atomic E-state index is 0.0505. The lowest BCUT2D eigenvalue weighted by Gasteiger charge is -2.26. The van der Waals surface area contributed by atoms with Gasteiger partial charge in [0.25, 0.3) is 0 Å². The summed E-state index contributed by atoms with van der Waals surface area (Å²) in [7, 11) is 1.21. The highest BCUT2D eigenvalue weighted by Gasteiger charge is 2.26. The lowest BCUT2D eigenvalue weighted by molar-refractivity contribution is -0.106. The number of aliphatic imine (C=N–C) groups is 1. The maximum Gasteiger partial charge on any atom is 0.219 e. The van der Waals surface area contributed by atoms with Gasteiger partial charge >= 0.3 is 0 Å². The van der Waals surface area contributed by atoms with Crippen molar-refractivity contribution in [2.45, 2.75) is 19.9 Å². The first-order valence-electron chi connectivity index (χ1n) is 12.2. The molecule has 9 nitrogen and oxygen atoms in total. The quantitative estimate of drug-likeness (QED) is 0.150. The van der Waals surface area contributed by atoms with Crippen LogP contribution in [0.15, 0.2) is 78.0 Å². The highest BCUT2D eigenvalue weighted by Crippen LogP contribution is 2.29. The first kappa shape index (κ1) is 27.8. The molecule has 1 aromatic heterocycles. The average molecular weight is 544 g/mol. The molecule has 1 atom stereocenters. The number of carbonyl (C=O) groups is 1. The molecule has 0 aliphatic carbocycles. The summed E-state index contributed by atoms with van der Waals surface area (Å²) in [5, 5.41) is 11.8. The average Bonchev–Trinajstić information content (AvgIpc) is 2.95. The molecular weight excluding hydrogens is 516 g/mol. The van der Waals surface area contributed by atoms with E-state index in [9.17, 15) is 13.6 Å². The van der Waals surface area contributed by atoms with Crippen LogP contribution in [0.2, 0.25) is 0 Å². The summed E-state index contributed by atoms with van der Waals surface area (Å²) in [5.74, 6) is -2.56. The van der Waals surface area contributed by atoms with Crippen LogP contribution in [0.25, 0.3) is 0 Å². The molecule has 4 N–H and O–H groups in total. The molecule has 0 bridgehead atoms. The zero-order chi connectivity index (χ0) is 28.8. The highest BCUT2D eigenvalue weighted by molar-refractivity contribution is 6.17. The third kappa shape index (κ3) is 5.63. The molecule has 1 heterocycles. The molecule has 0 aliphatic rings. The number of anilines is 3. The molecule has 4 aromatic rings. The van der Waals surface area contributed by atoms with Gasteiger partial charge in [-0.15, -0.1) is 0 Å². The fourth-order valence-corrected chi connectivity index (χ4v) is 4.05. The van der Waals surface area contributed by atoms with Crippen LogP contribution in [-0.2, 0) is 4.79 Å². The summed E-state index contributed by atoms with van der Waals surface area (Å²) in [6, 6.07) is 18.1. The standard InChI is InChI=1S/C29H27F2N7O2/c1-17-9-7-8-12-21(17)37-29(38(16-39)19-10-5-4-6-11-19)18(2)36-28-23(27(33)34-15-35-28)26(32)20-13-14-22(40-3)25(31)24(20)30/h4-16,18,32H,1-3H3,(H3,33,34,35,36)/b32-26?,37-29-. The van der Waals surface area contributed by atoms with E-state index in [0.29, 0.717) is 23.6 Å². The predicted octanol–water partition coefficient (Wildman–Crippen LogP) is 5.26. The van der Waals surface area contributed by atoms with Crippen LogP contribution in [0, 0.1) is 24.0 Å². The van der Waals surface area contributed by atoms with Gasteiger partial charge in [-0.25, -0.2) is 19.4 Å². The molecule has 0 saturated heterocycles. The molecule has 40 heavy (non-hydrogen) atoms. The first-order chi connectivity index (χ1) is 19.3. The Hall–Kier alpha value is -5.19. The van der Waals surface area contributed by atoms with E-state index >= 15 is 0 Å². The largest absolute Gasteiger partial charge is 0.494 e. The minimum Gasteiger partial charge on any atom is -0.494 e. The number of amides is 1. The predicted molar refractivity (Wildman–Crippen MR) is 152 cm³/mol. The van der Waals surface area contributed by atoms with E-state index in [1.807, 2.05) is 37.3 Å². The fraction of sp³-hybridized carbons (Fsp3) is 0.138. The van der Waals surface area contributed by atoms with E-state index in [-0.39, 0.29) is 28.5 Å². The van der Waals surface area contributed by atoms with Crippen molar-refractivity contribution >= 4 is 41.0 Å². The Balaban J connectivity index is 1.79. The Morgan fingerprint density at radius 3 is 2.45 bits per heavy atom. The molecule has 0 fully saturated rings. The van der Waals surface area contributed by atoms with Gasteiger partial charge in [0.1, 0.15) is 23.8 Å². The molecular formula is C29H27F2N7O2. The van der Waals surface area contributed by atoms with Gasteiger partial charge in [0.15, 0.2) is 11.6 Å². The van der Waals surface area contributed by atoms with Crippen molar-refractivity contribution in [2.24, 2.45) is 4.99 Å². The molecule has 0 aliphatic heterocycles. The van der Waals surface area contributed by atoms with E-state index in [2.05, 4.69) is 15.3 Å². The number of methoxy groups -OCH3 is 1. The summed E-state index contributed by atoms with van der Waals surface area (Å²) < 4.78 is 34.2. The summed E-state index contributed by atoms with van der Waals surface area (Å²) in [5.41, 5.74) is 7.35. The SMILES string of the molecule is COc1ccc(C(=N)c2c(N)ncnc2NC(C)/C(=N/c2ccccc2C)N(C=O)c2ccccc2)c(F)c1F. The molecule has 4 rings (SSSR count). The third-order valence-electron chi connectivity index (χ3n) is 6.14. The van der Waals surface area contributed by atoms with Crippen molar-refractivity contribution in [1.82, 2.24) is 9.97 Å². The normalized spacial score (nSPS) is 12.0. The van der Waals surface area contributed by atoms with E-state index in [1.54, 1.807) is 31.2 Å². The fourth-order valence-electron chi connectivity index (χ4n) is 4.05. The number of rotatable bonds is 9.